The summed E-state index contributed by atoms with van der Waals surface area (Å²) in [4.78, 5) is 79.2. The third-order valence-electron chi connectivity index (χ3n) is 13.5. The zero-order valence-electron chi connectivity index (χ0n) is 47.4. The van der Waals surface area contributed by atoms with E-state index in [0.717, 1.165) is 56.7 Å². The molecule has 0 bridgehead atoms. The summed E-state index contributed by atoms with van der Waals surface area (Å²) in [6.45, 7) is 6.52. The lowest BCUT2D eigenvalue weighted by Crippen LogP contribution is -2.34. The average Bonchev–Trinajstić information content (AvgIpc) is 3.96. The molecular weight excluding hydrogens is 1070 g/mol. The lowest BCUT2D eigenvalue weighted by molar-refractivity contribution is -0.138. The molecule has 0 radical (unpaired) electrons. The standard InChI is InChI=1S/C28H33F3N8O2.C28H35F3N8O2/c1-17-6-7-18(12-21(17)36-27(41)39(5)25-14-24(32-2)33-16-34-25)26(40)35-22-13-19(28(29,30)31)8-9-23(22)38(4)20-10-11-37(3)15-20;1-18-8-9-19(14-21(18)36-27(41)39(6)25-16-24(32-2)33-17-34-25)26(40)35-22-15-20(28(29,30)31)10-11-23(22)38(5)13-7-12-37(3)4/h6-9,12-14,16,20H,10-11,15H2,1-5H3,(H,35,40)(H,36,41)(H,32,33,34);8-11,14-17H,7,12-13H2,1-6H3,(H,35,40)(H,36,41)(H,32,33,34). The first-order valence-electron chi connectivity index (χ1n) is 25.8. The van der Waals surface area contributed by atoms with Gasteiger partial charge in [-0.2, -0.15) is 26.3 Å². The Kier molecular flexibility index (Phi) is 20.6. The molecule has 0 saturated carbocycles. The van der Waals surface area contributed by atoms with Gasteiger partial charge in [0, 0.05) is 96.1 Å². The second-order valence-electron chi connectivity index (χ2n) is 19.8. The van der Waals surface area contributed by atoms with Gasteiger partial charge in [-0.1, -0.05) is 12.1 Å². The molecule has 1 saturated heterocycles. The molecule has 0 aliphatic carbocycles. The molecule has 1 unspecified atom stereocenters. The third-order valence-corrected chi connectivity index (χ3v) is 13.5. The minimum absolute atomic E-state index is 0.0344. The summed E-state index contributed by atoms with van der Waals surface area (Å²) >= 11 is 0. The molecule has 438 valence electrons. The topological polar surface area (TPSA) is 211 Å². The Labute approximate surface area is 472 Å². The number of aromatic nitrogens is 4. The second-order valence-corrected chi connectivity index (χ2v) is 19.8. The molecular formula is C56H68F6N16O4. The molecule has 1 aliphatic rings. The quantitative estimate of drug-likeness (QED) is 0.0470. The minimum Gasteiger partial charge on any atom is -0.373 e. The summed E-state index contributed by atoms with van der Waals surface area (Å²) < 4.78 is 81.3. The largest absolute Gasteiger partial charge is 0.416 e. The number of likely N-dealkylation sites (N-methyl/N-ethyl adjacent to an activating group) is 2. The van der Waals surface area contributed by atoms with Crippen molar-refractivity contribution in [2.45, 2.75) is 45.1 Å². The predicted molar refractivity (Wildman–Crippen MR) is 310 cm³/mol. The molecule has 26 heteroatoms. The summed E-state index contributed by atoms with van der Waals surface area (Å²) in [5, 5.41) is 16.6. The number of rotatable bonds is 17. The lowest BCUT2D eigenvalue weighted by atomic mass is 10.1. The van der Waals surface area contributed by atoms with Crippen LogP contribution in [0.2, 0.25) is 0 Å². The Hall–Kier alpha value is -8.78. The van der Waals surface area contributed by atoms with E-state index in [2.05, 4.69) is 56.7 Å². The number of urea groups is 2. The Morgan fingerprint density at radius 2 is 1.02 bits per heavy atom. The fourth-order valence-electron chi connectivity index (χ4n) is 8.56. The predicted octanol–water partition coefficient (Wildman–Crippen LogP) is 10.1. The van der Waals surface area contributed by atoms with Gasteiger partial charge < -0.3 is 51.5 Å². The Morgan fingerprint density at radius 1 is 0.573 bits per heavy atom. The summed E-state index contributed by atoms with van der Waals surface area (Å²) in [7, 11) is 15.9. The van der Waals surface area contributed by atoms with Crippen molar-refractivity contribution < 1.29 is 45.5 Å². The van der Waals surface area contributed by atoms with Crippen LogP contribution in [0.3, 0.4) is 0 Å². The highest BCUT2D eigenvalue weighted by atomic mass is 19.4. The molecule has 6 aromatic rings. The van der Waals surface area contributed by atoms with Gasteiger partial charge in [-0.15, -0.1) is 0 Å². The molecule has 6 amide bonds. The number of carbonyl (C=O) groups excluding carboxylic acids is 4. The van der Waals surface area contributed by atoms with Gasteiger partial charge in [-0.05, 0) is 133 Å². The molecule has 0 spiro atoms. The highest BCUT2D eigenvalue weighted by molar-refractivity contribution is 6.09. The number of alkyl halides is 6. The average molecular weight is 1140 g/mol. The number of likely N-dealkylation sites (tertiary alicyclic amines) is 1. The summed E-state index contributed by atoms with van der Waals surface area (Å²) in [6, 6.07) is 18.3. The number of nitrogens with zero attached hydrogens (tertiary/aromatic N) is 10. The van der Waals surface area contributed by atoms with Crippen LogP contribution in [0, 0.1) is 13.8 Å². The highest BCUT2D eigenvalue weighted by Crippen LogP contribution is 2.38. The van der Waals surface area contributed by atoms with Gasteiger partial charge in [0.2, 0.25) is 0 Å². The smallest absolute Gasteiger partial charge is 0.373 e. The van der Waals surface area contributed by atoms with Crippen LogP contribution in [0.1, 0.15) is 55.8 Å². The van der Waals surface area contributed by atoms with Crippen molar-refractivity contribution in [2.24, 2.45) is 0 Å². The molecule has 1 atom stereocenters. The van der Waals surface area contributed by atoms with Gasteiger partial charge in [0.1, 0.15) is 35.9 Å². The summed E-state index contributed by atoms with van der Waals surface area (Å²) in [5.41, 5.74) is 1.72. The number of nitrogens with one attached hydrogen (secondary N) is 6. The zero-order valence-corrected chi connectivity index (χ0v) is 47.4. The molecule has 20 nitrogen and oxygen atoms in total. The van der Waals surface area contributed by atoms with Crippen molar-refractivity contribution in [3.05, 3.63) is 131 Å². The van der Waals surface area contributed by atoms with Crippen molar-refractivity contribution in [3.8, 4) is 0 Å². The van der Waals surface area contributed by atoms with E-state index in [9.17, 15) is 45.5 Å². The molecule has 1 aliphatic heterocycles. The minimum atomic E-state index is -4.58. The van der Waals surface area contributed by atoms with Crippen molar-refractivity contribution in [2.75, 3.05) is 141 Å². The second kappa shape index (κ2) is 27.1. The van der Waals surface area contributed by atoms with E-state index < -0.39 is 47.4 Å². The van der Waals surface area contributed by atoms with Crippen LogP contribution in [-0.4, -0.2) is 149 Å². The van der Waals surface area contributed by atoms with Crippen LogP contribution in [0.25, 0.3) is 0 Å². The normalized spacial score (nSPS) is 13.3. The van der Waals surface area contributed by atoms with Crippen LogP contribution < -0.4 is 51.5 Å². The van der Waals surface area contributed by atoms with E-state index in [4.69, 9.17) is 0 Å². The van der Waals surface area contributed by atoms with Crippen molar-refractivity contribution in [3.63, 3.8) is 0 Å². The van der Waals surface area contributed by atoms with Gasteiger partial charge in [-0.25, -0.2) is 29.5 Å². The van der Waals surface area contributed by atoms with Crippen LogP contribution in [0.15, 0.2) is 97.6 Å². The SMILES string of the molecule is CNc1cc(N(C)C(=O)Nc2cc(C(=O)Nc3cc(C(F)(F)F)ccc3N(C)C3CCN(C)C3)ccc2C)ncn1.CNc1cc(N(C)C(=O)Nc2cc(C(=O)Nc3cc(C(F)(F)F)ccc3N(C)CCCN(C)C)ccc2C)ncn1. The third kappa shape index (κ3) is 16.4. The number of hydrogen-bond acceptors (Lipinski definition) is 14. The highest BCUT2D eigenvalue weighted by Gasteiger charge is 2.34. The van der Waals surface area contributed by atoms with E-state index in [1.807, 2.05) is 42.9 Å². The van der Waals surface area contributed by atoms with Gasteiger partial charge in [0.25, 0.3) is 11.8 Å². The Morgan fingerprint density at radius 3 is 1.44 bits per heavy atom. The van der Waals surface area contributed by atoms with E-state index in [1.165, 1.54) is 60.8 Å². The van der Waals surface area contributed by atoms with Crippen molar-refractivity contribution >= 4 is 81.3 Å². The van der Waals surface area contributed by atoms with Crippen molar-refractivity contribution in [1.82, 2.24) is 29.7 Å². The lowest BCUT2D eigenvalue weighted by Gasteiger charge is -2.29. The molecule has 82 heavy (non-hydrogen) atoms. The number of hydrogen-bond donors (Lipinski definition) is 6. The number of amides is 6. The van der Waals surface area contributed by atoms with Crippen LogP contribution >= 0.6 is 0 Å². The maximum absolute atomic E-state index is 13.6. The molecule has 4 aromatic carbocycles. The van der Waals surface area contributed by atoms with E-state index in [1.54, 1.807) is 71.4 Å². The maximum Gasteiger partial charge on any atom is 0.416 e. The molecule has 2 aromatic heterocycles. The number of aryl methyl sites for hydroxylation is 2. The number of carbonyl (C=O) groups is 4. The van der Waals surface area contributed by atoms with Crippen LogP contribution in [0.5, 0.6) is 0 Å². The van der Waals surface area contributed by atoms with Gasteiger partial charge in [-0.3, -0.25) is 19.4 Å². The van der Waals surface area contributed by atoms with Crippen LogP contribution in [0.4, 0.5) is 93.3 Å². The Bertz CT molecular complexity index is 3240. The molecule has 3 heterocycles. The number of anilines is 10. The van der Waals surface area contributed by atoms with Crippen LogP contribution in [-0.2, 0) is 12.4 Å². The van der Waals surface area contributed by atoms with Gasteiger partial charge in [0.05, 0.1) is 33.9 Å². The Balaban J connectivity index is 0.000000264. The van der Waals surface area contributed by atoms with Gasteiger partial charge >= 0.3 is 24.4 Å². The van der Waals surface area contributed by atoms with E-state index in [-0.39, 0.29) is 28.5 Å². The monoisotopic (exact) mass is 1140 g/mol. The molecule has 7 rings (SSSR count). The number of benzene rings is 4. The first kappa shape index (κ1) is 62.4. The molecule has 1 fully saturated rings. The zero-order chi connectivity index (χ0) is 60.2. The fourth-order valence-corrected chi connectivity index (χ4v) is 8.56. The first-order chi connectivity index (χ1) is 38.7. The number of halogens is 6. The van der Waals surface area contributed by atoms with E-state index in [0.29, 0.717) is 63.7 Å². The summed E-state index contributed by atoms with van der Waals surface area (Å²) in [5.74, 6) is 0.528. The first-order valence-corrected chi connectivity index (χ1v) is 25.8. The maximum atomic E-state index is 13.6. The molecule has 6 N–H and O–H groups in total. The van der Waals surface area contributed by atoms with E-state index >= 15 is 0 Å². The summed E-state index contributed by atoms with van der Waals surface area (Å²) in [6.07, 6.45) is -4.88. The van der Waals surface area contributed by atoms with Crippen molar-refractivity contribution in [1.29, 1.82) is 0 Å². The fraction of sp³-hybridized carbons (Fsp3) is 0.357. The van der Waals surface area contributed by atoms with Gasteiger partial charge in [0.15, 0.2) is 0 Å².